The van der Waals surface area contributed by atoms with E-state index in [0.29, 0.717) is 38.3 Å². The van der Waals surface area contributed by atoms with Crippen molar-refractivity contribution in [2.45, 2.75) is 26.4 Å². The van der Waals surface area contributed by atoms with Gasteiger partial charge in [0, 0.05) is 16.7 Å². The molecule has 2 heterocycles. The first-order valence-corrected chi connectivity index (χ1v) is 9.73. The minimum Gasteiger partial charge on any atom is -0.482 e. The van der Waals surface area contributed by atoms with E-state index >= 15 is 0 Å². The maximum absolute atomic E-state index is 13.9. The molecule has 0 amide bonds. The number of aromatic nitrogens is 2. The van der Waals surface area contributed by atoms with Crippen LogP contribution in [0.4, 0.5) is 4.39 Å². The maximum atomic E-state index is 13.9. The summed E-state index contributed by atoms with van der Waals surface area (Å²) in [5.74, 6) is -0.650. The summed E-state index contributed by atoms with van der Waals surface area (Å²) in [4.78, 5) is 12.7. The van der Waals surface area contributed by atoms with Gasteiger partial charge < -0.3 is 9.47 Å². The van der Waals surface area contributed by atoms with E-state index in [1.54, 1.807) is 49.7 Å². The Balaban J connectivity index is 2.08. The van der Waals surface area contributed by atoms with Crippen LogP contribution in [0.25, 0.3) is 16.9 Å². The van der Waals surface area contributed by atoms with Crippen LogP contribution in [0.15, 0.2) is 36.4 Å². The molecular formula is C21H17Cl2FN2O3. The molecule has 0 atom stereocenters. The molecule has 0 bridgehead atoms. The van der Waals surface area contributed by atoms with E-state index < -0.39 is 17.4 Å². The van der Waals surface area contributed by atoms with Gasteiger partial charge >= 0.3 is 5.97 Å². The first-order valence-electron chi connectivity index (χ1n) is 8.98. The molecule has 29 heavy (non-hydrogen) atoms. The summed E-state index contributed by atoms with van der Waals surface area (Å²) in [5.41, 5.74) is 1.40. The third-order valence-electron chi connectivity index (χ3n) is 4.66. The SMILES string of the molecule is CCOC(=O)c1nn(-c2ccc(Cl)cc2Cl)c2c1C(C)(C)Oc1cc(F)ccc1-2. The highest BCUT2D eigenvalue weighted by Gasteiger charge is 2.42. The van der Waals surface area contributed by atoms with E-state index in [1.165, 1.54) is 12.1 Å². The normalized spacial score (nSPS) is 14.0. The van der Waals surface area contributed by atoms with E-state index in [9.17, 15) is 9.18 Å². The van der Waals surface area contributed by atoms with Crippen LogP contribution in [0.1, 0.15) is 36.8 Å². The smallest absolute Gasteiger partial charge is 0.359 e. The number of esters is 1. The number of rotatable bonds is 3. The van der Waals surface area contributed by atoms with E-state index in [1.807, 2.05) is 0 Å². The fourth-order valence-electron chi connectivity index (χ4n) is 3.51. The summed E-state index contributed by atoms with van der Waals surface area (Å²) >= 11 is 12.5. The fraction of sp³-hybridized carbons (Fsp3) is 0.238. The van der Waals surface area contributed by atoms with Gasteiger partial charge in [-0.15, -0.1) is 0 Å². The number of carbonyl (C=O) groups excluding carboxylic acids is 1. The Bertz CT molecular complexity index is 1140. The second-order valence-electron chi connectivity index (χ2n) is 7.05. The second-order valence-corrected chi connectivity index (χ2v) is 7.90. The van der Waals surface area contributed by atoms with Crippen LogP contribution >= 0.6 is 23.2 Å². The van der Waals surface area contributed by atoms with E-state index in [2.05, 4.69) is 5.10 Å². The summed E-state index contributed by atoms with van der Waals surface area (Å²) in [5, 5.41) is 5.35. The molecule has 0 spiro atoms. The number of halogens is 3. The number of ether oxygens (including phenoxy) is 2. The molecule has 5 nitrogen and oxygen atoms in total. The van der Waals surface area contributed by atoms with Gasteiger partial charge in [0.15, 0.2) is 5.69 Å². The number of hydrogen-bond acceptors (Lipinski definition) is 4. The second kappa shape index (κ2) is 7.04. The quantitative estimate of drug-likeness (QED) is 0.489. The Morgan fingerprint density at radius 2 is 2.00 bits per heavy atom. The molecule has 0 radical (unpaired) electrons. The molecule has 2 aromatic carbocycles. The molecule has 150 valence electrons. The Labute approximate surface area is 176 Å². The zero-order valence-corrected chi connectivity index (χ0v) is 17.4. The zero-order chi connectivity index (χ0) is 20.9. The molecule has 0 fully saturated rings. The van der Waals surface area contributed by atoms with Gasteiger partial charge in [0.05, 0.1) is 28.6 Å². The minimum absolute atomic E-state index is 0.118. The Hall–Kier alpha value is -2.57. The monoisotopic (exact) mass is 434 g/mol. The lowest BCUT2D eigenvalue weighted by Crippen LogP contribution is -2.31. The summed E-state index contributed by atoms with van der Waals surface area (Å²) in [6.45, 7) is 5.50. The standard InChI is InChI=1S/C21H17Cl2FN2O3/c1-4-28-20(27)18-17-19(26(25-18)15-8-5-11(22)9-14(15)23)13-7-6-12(24)10-16(13)29-21(17,2)3/h5-10H,4H2,1-3H3. The third kappa shape index (κ3) is 3.26. The zero-order valence-electron chi connectivity index (χ0n) is 15.9. The van der Waals surface area contributed by atoms with Gasteiger partial charge in [0.2, 0.25) is 0 Å². The lowest BCUT2D eigenvalue weighted by Gasteiger charge is -2.33. The minimum atomic E-state index is -0.963. The van der Waals surface area contributed by atoms with E-state index in [0.717, 1.165) is 0 Å². The molecule has 0 unspecified atom stereocenters. The average molecular weight is 435 g/mol. The van der Waals surface area contributed by atoms with Crippen LogP contribution in [-0.4, -0.2) is 22.4 Å². The molecule has 0 N–H and O–H groups in total. The third-order valence-corrected chi connectivity index (χ3v) is 5.20. The van der Waals surface area contributed by atoms with E-state index in [-0.39, 0.29) is 12.3 Å². The summed E-state index contributed by atoms with van der Waals surface area (Å²) in [6.07, 6.45) is 0. The van der Waals surface area contributed by atoms with Crippen LogP contribution in [0.3, 0.4) is 0 Å². The molecule has 0 saturated heterocycles. The Kier molecular flexibility index (Phi) is 4.79. The first-order chi connectivity index (χ1) is 13.7. The van der Waals surface area contributed by atoms with Gasteiger partial charge in [0.1, 0.15) is 17.2 Å². The molecule has 3 aromatic rings. The van der Waals surface area contributed by atoms with Gasteiger partial charge in [0.25, 0.3) is 0 Å². The van der Waals surface area contributed by atoms with Gasteiger partial charge in [-0.1, -0.05) is 23.2 Å². The molecular weight excluding hydrogens is 418 g/mol. The summed E-state index contributed by atoms with van der Waals surface area (Å²) < 4.78 is 26.7. The van der Waals surface area contributed by atoms with Crippen molar-refractivity contribution < 1.29 is 18.7 Å². The molecule has 1 aliphatic heterocycles. The number of hydrogen-bond donors (Lipinski definition) is 0. The van der Waals surface area contributed by atoms with Gasteiger partial charge in [-0.2, -0.15) is 5.10 Å². The topological polar surface area (TPSA) is 53.3 Å². The average Bonchev–Trinajstić information content (AvgIpc) is 3.03. The Morgan fingerprint density at radius 3 is 2.69 bits per heavy atom. The van der Waals surface area contributed by atoms with Gasteiger partial charge in [-0.25, -0.2) is 13.9 Å². The number of benzene rings is 2. The first kappa shape index (κ1) is 19.7. The molecule has 8 heteroatoms. The fourth-order valence-corrected chi connectivity index (χ4v) is 4.00. The Morgan fingerprint density at radius 1 is 1.24 bits per heavy atom. The van der Waals surface area contributed by atoms with Crippen LogP contribution < -0.4 is 4.74 Å². The molecule has 1 aromatic heterocycles. The van der Waals surface area contributed by atoms with Crippen molar-refractivity contribution >= 4 is 29.2 Å². The van der Waals surface area contributed by atoms with Gasteiger partial charge in [-0.05, 0) is 51.1 Å². The molecule has 1 aliphatic rings. The largest absolute Gasteiger partial charge is 0.482 e. The van der Waals surface area contributed by atoms with Crippen molar-refractivity contribution in [2.75, 3.05) is 6.61 Å². The maximum Gasteiger partial charge on any atom is 0.359 e. The van der Waals surface area contributed by atoms with Crippen molar-refractivity contribution in [3.63, 3.8) is 0 Å². The predicted octanol–water partition coefficient (Wildman–Crippen LogP) is 5.79. The van der Waals surface area contributed by atoms with Crippen molar-refractivity contribution in [1.82, 2.24) is 9.78 Å². The molecule has 0 aliphatic carbocycles. The molecule has 0 saturated carbocycles. The van der Waals surface area contributed by atoms with E-state index in [4.69, 9.17) is 32.7 Å². The number of fused-ring (bicyclic) bond motifs is 3. The van der Waals surface area contributed by atoms with Crippen LogP contribution in [0, 0.1) is 5.82 Å². The van der Waals surface area contributed by atoms with Crippen molar-refractivity contribution in [3.05, 3.63) is 63.5 Å². The highest BCUT2D eigenvalue weighted by atomic mass is 35.5. The van der Waals surface area contributed by atoms with Crippen molar-refractivity contribution in [2.24, 2.45) is 0 Å². The van der Waals surface area contributed by atoms with Crippen LogP contribution in [0.5, 0.6) is 5.75 Å². The predicted molar refractivity (Wildman–Crippen MR) is 109 cm³/mol. The summed E-state index contributed by atoms with van der Waals surface area (Å²) in [7, 11) is 0. The highest BCUT2D eigenvalue weighted by molar-refractivity contribution is 6.35. The molecule has 4 rings (SSSR count). The van der Waals surface area contributed by atoms with Crippen molar-refractivity contribution in [1.29, 1.82) is 0 Å². The highest BCUT2D eigenvalue weighted by Crippen LogP contribution is 2.48. The van der Waals surface area contributed by atoms with Crippen LogP contribution in [-0.2, 0) is 10.3 Å². The number of nitrogens with zero attached hydrogens (tertiary/aromatic N) is 2. The van der Waals surface area contributed by atoms with Crippen molar-refractivity contribution in [3.8, 4) is 22.7 Å². The number of carbonyl (C=O) groups is 1. The lowest BCUT2D eigenvalue weighted by atomic mass is 9.89. The van der Waals surface area contributed by atoms with Gasteiger partial charge in [-0.3, -0.25) is 0 Å². The summed E-state index contributed by atoms with van der Waals surface area (Å²) in [6, 6.07) is 9.21. The lowest BCUT2D eigenvalue weighted by molar-refractivity contribution is 0.0499. The van der Waals surface area contributed by atoms with Crippen LogP contribution in [0.2, 0.25) is 10.0 Å².